The number of nitrogens with one attached hydrogen (secondary N) is 1. The smallest absolute Gasteiger partial charge is 0.177 e. The number of aromatic amines is 1. The van der Waals surface area contributed by atoms with Crippen LogP contribution in [0, 0.1) is 4.77 Å². The van der Waals surface area contributed by atoms with E-state index < -0.39 is 0 Å². The van der Waals surface area contributed by atoms with Gasteiger partial charge in [-0.05, 0) is 42.5 Å². The Labute approximate surface area is 140 Å². The summed E-state index contributed by atoms with van der Waals surface area (Å²) < 4.78 is 14.0. The van der Waals surface area contributed by atoms with Crippen LogP contribution < -0.4 is 15.2 Å². The maximum absolute atomic E-state index is 5.88. The van der Waals surface area contributed by atoms with Crippen molar-refractivity contribution in [1.82, 2.24) is 9.55 Å². The first kappa shape index (κ1) is 16.9. The Bertz CT molecular complexity index is 698. The normalized spacial score (nSPS) is 16.4. The van der Waals surface area contributed by atoms with Crippen molar-refractivity contribution in [3.05, 3.63) is 40.4 Å². The van der Waals surface area contributed by atoms with Crippen LogP contribution in [0.4, 0.5) is 0 Å². The van der Waals surface area contributed by atoms with Crippen molar-refractivity contribution in [2.24, 2.45) is 5.73 Å². The Morgan fingerprint density at radius 3 is 3.05 bits per heavy atom. The number of rotatable bonds is 4. The molecule has 0 spiro atoms. The lowest BCUT2D eigenvalue weighted by Gasteiger charge is -2.28. The highest BCUT2D eigenvalue weighted by Crippen LogP contribution is 2.33. The Kier molecular flexibility index (Phi) is 5.50. The predicted octanol–water partition coefficient (Wildman–Crippen LogP) is 2.65. The van der Waals surface area contributed by atoms with E-state index in [2.05, 4.69) is 9.55 Å². The van der Waals surface area contributed by atoms with Crippen LogP contribution in [0.5, 0.6) is 11.5 Å². The van der Waals surface area contributed by atoms with E-state index in [4.69, 9.17) is 27.4 Å². The molecular formula is C15H20ClN3O2S. The molecule has 22 heavy (non-hydrogen) atoms. The number of halogens is 1. The van der Waals surface area contributed by atoms with E-state index in [9.17, 15) is 0 Å². The van der Waals surface area contributed by atoms with Gasteiger partial charge in [-0.3, -0.25) is 0 Å². The lowest BCUT2D eigenvalue weighted by Crippen LogP contribution is -2.26. The third-order valence-corrected chi connectivity index (χ3v) is 4.13. The number of nitrogens with zero attached hydrogens (tertiary/aromatic N) is 1. The van der Waals surface area contributed by atoms with Gasteiger partial charge in [-0.25, -0.2) is 0 Å². The van der Waals surface area contributed by atoms with Crippen molar-refractivity contribution >= 4 is 24.6 Å². The van der Waals surface area contributed by atoms with Gasteiger partial charge in [-0.2, -0.15) is 0 Å². The number of hydrogen-bond donors (Lipinski definition) is 2. The summed E-state index contributed by atoms with van der Waals surface area (Å²) in [4.78, 5) is 3.11. The molecular weight excluding hydrogens is 322 g/mol. The first-order valence-electron chi connectivity index (χ1n) is 7.01. The minimum atomic E-state index is 0. The molecule has 7 heteroatoms. The van der Waals surface area contributed by atoms with Gasteiger partial charge >= 0.3 is 0 Å². The van der Waals surface area contributed by atoms with Crippen molar-refractivity contribution < 1.29 is 9.47 Å². The molecule has 2 heterocycles. The molecule has 0 amide bonds. The molecule has 1 atom stereocenters. The Hall–Kier alpha value is -1.50. The number of fused-ring (bicyclic) bond motifs is 1. The number of hydrogen-bond acceptors (Lipinski definition) is 4. The summed E-state index contributed by atoms with van der Waals surface area (Å²) >= 11 is 5.40. The second-order valence-electron chi connectivity index (χ2n) is 5.14. The van der Waals surface area contributed by atoms with E-state index in [1.165, 1.54) is 0 Å². The van der Waals surface area contributed by atoms with Crippen LogP contribution in [0.25, 0.3) is 0 Å². The van der Waals surface area contributed by atoms with Crippen molar-refractivity contribution in [2.75, 3.05) is 20.3 Å². The number of ether oxygens (including phenoxy) is 2. The third kappa shape index (κ3) is 3.14. The highest BCUT2D eigenvalue weighted by atomic mass is 35.5. The Morgan fingerprint density at radius 2 is 2.32 bits per heavy atom. The van der Waals surface area contributed by atoms with Crippen LogP contribution in [0.1, 0.15) is 17.3 Å². The lowest BCUT2D eigenvalue weighted by atomic mass is 10.0. The molecule has 120 valence electrons. The molecule has 0 saturated carbocycles. The molecule has 0 bridgehead atoms. The number of H-pyrrole nitrogens is 1. The molecule has 0 unspecified atom stereocenters. The van der Waals surface area contributed by atoms with Gasteiger partial charge in [-0.1, -0.05) is 0 Å². The minimum Gasteiger partial charge on any atom is -0.497 e. The van der Waals surface area contributed by atoms with E-state index >= 15 is 0 Å². The molecule has 1 aromatic carbocycles. The number of benzene rings is 1. The maximum Gasteiger partial charge on any atom is 0.177 e. The van der Waals surface area contributed by atoms with Gasteiger partial charge in [0.25, 0.3) is 0 Å². The van der Waals surface area contributed by atoms with E-state index in [1.54, 1.807) is 7.11 Å². The van der Waals surface area contributed by atoms with Crippen LogP contribution >= 0.6 is 24.6 Å². The van der Waals surface area contributed by atoms with Crippen molar-refractivity contribution in [3.63, 3.8) is 0 Å². The molecule has 0 radical (unpaired) electrons. The zero-order valence-electron chi connectivity index (χ0n) is 12.4. The molecule has 5 nitrogen and oxygen atoms in total. The Balaban J connectivity index is 0.00000176. The van der Waals surface area contributed by atoms with Crippen LogP contribution in [-0.4, -0.2) is 29.8 Å². The van der Waals surface area contributed by atoms with Crippen molar-refractivity contribution in [3.8, 4) is 11.5 Å². The van der Waals surface area contributed by atoms with Gasteiger partial charge in [0, 0.05) is 24.7 Å². The van der Waals surface area contributed by atoms with Gasteiger partial charge in [0.2, 0.25) is 0 Å². The molecule has 0 saturated heterocycles. The standard InChI is InChI=1S/C15H19N3O2S.ClH/c1-19-13-2-3-14-10(7-13)6-12(9-20-14)18-11(4-5-16)8-17-15(18)21;/h2-3,7-8,12H,4-6,9,16H2,1H3,(H,17,21);1H/t12-;/m1./s1. The summed E-state index contributed by atoms with van der Waals surface area (Å²) in [5, 5.41) is 0. The zero-order valence-corrected chi connectivity index (χ0v) is 14.0. The predicted molar refractivity (Wildman–Crippen MR) is 90.9 cm³/mol. The summed E-state index contributed by atoms with van der Waals surface area (Å²) in [6, 6.07) is 6.09. The van der Waals surface area contributed by atoms with Gasteiger partial charge < -0.3 is 24.8 Å². The highest BCUT2D eigenvalue weighted by Gasteiger charge is 2.24. The molecule has 1 aliphatic heterocycles. The fourth-order valence-corrected chi connectivity index (χ4v) is 3.13. The number of imidazole rings is 1. The zero-order chi connectivity index (χ0) is 14.8. The second kappa shape index (κ2) is 7.17. The number of nitrogens with two attached hydrogens (primary N) is 1. The van der Waals surface area contributed by atoms with E-state index in [0.29, 0.717) is 13.2 Å². The summed E-state index contributed by atoms with van der Waals surface area (Å²) in [6.07, 6.45) is 3.61. The van der Waals surface area contributed by atoms with Gasteiger partial charge in [0.15, 0.2) is 4.77 Å². The molecule has 1 aliphatic rings. The second-order valence-corrected chi connectivity index (χ2v) is 5.52. The van der Waals surface area contributed by atoms with E-state index in [-0.39, 0.29) is 18.4 Å². The third-order valence-electron chi connectivity index (χ3n) is 3.81. The van der Waals surface area contributed by atoms with Crippen molar-refractivity contribution in [1.29, 1.82) is 0 Å². The number of aromatic nitrogens is 2. The van der Waals surface area contributed by atoms with E-state index in [0.717, 1.165) is 40.4 Å². The summed E-state index contributed by atoms with van der Waals surface area (Å²) in [7, 11) is 1.67. The summed E-state index contributed by atoms with van der Waals surface area (Å²) in [5.41, 5.74) is 7.95. The first-order chi connectivity index (χ1) is 10.2. The molecule has 0 fully saturated rings. The highest BCUT2D eigenvalue weighted by molar-refractivity contribution is 7.71. The van der Waals surface area contributed by atoms with Gasteiger partial charge in [0.05, 0.1) is 13.2 Å². The topological polar surface area (TPSA) is 65.2 Å². The monoisotopic (exact) mass is 341 g/mol. The largest absolute Gasteiger partial charge is 0.497 e. The molecule has 3 N–H and O–H groups in total. The Morgan fingerprint density at radius 1 is 1.50 bits per heavy atom. The lowest BCUT2D eigenvalue weighted by molar-refractivity contribution is 0.220. The SMILES string of the molecule is COc1ccc2c(c1)C[C@@H](n1c(CCN)c[nH]c1=S)CO2.Cl. The summed E-state index contributed by atoms with van der Waals surface area (Å²) in [5.74, 6) is 1.77. The van der Waals surface area contributed by atoms with Gasteiger partial charge in [0.1, 0.15) is 18.1 Å². The number of methoxy groups -OCH3 is 1. The maximum atomic E-state index is 5.88. The van der Waals surface area contributed by atoms with Gasteiger partial charge in [-0.15, -0.1) is 12.4 Å². The minimum absolute atomic E-state index is 0. The fraction of sp³-hybridized carbons (Fsp3) is 0.400. The van der Waals surface area contributed by atoms with Crippen LogP contribution in [0.15, 0.2) is 24.4 Å². The molecule has 3 rings (SSSR count). The van der Waals surface area contributed by atoms with Crippen LogP contribution in [0.2, 0.25) is 0 Å². The quantitative estimate of drug-likeness (QED) is 0.839. The first-order valence-corrected chi connectivity index (χ1v) is 7.42. The van der Waals surface area contributed by atoms with Crippen LogP contribution in [0.3, 0.4) is 0 Å². The van der Waals surface area contributed by atoms with E-state index in [1.807, 2.05) is 24.4 Å². The van der Waals surface area contributed by atoms with Crippen molar-refractivity contribution in [2.45, 2.75) is 18.9 Å². The molecule has 0 aliphatic carbocycles. The average molecular weight is 342 g/mol. The van der Waals surface area contributed by atoms with Crippen LogP contribution in [-0.2, 0) is 12.8 Å². The average Bonchev–Trinajstić information content (AvgIpc) is 2.87. The molecule has 2 aromatic rings. The fourth-order valence-electron chi connectivity index (χ4n) is 2.80. The molecule has 1 aromatic heterocycles. The summed E-state index contributed by atoms with van der Waals surface area (Å²) in [6.45, 7) is 1.22.